The van der Waals surface area contributed by atoms with Gasteiger partial charge in [-0.3, -0.25) is 0 Å². The van der Waals surface area contributed by atoms with Crippen LogP contribution in [0.5, 0.6) is 0 Å². The van der Waals surface area contributed by atoms with Gasteiger partial charge in [0, 0.05) is 4.58 Å². The van der Waals surface area contributed by atoms with Crippen molar-refractivity contribution in [1.82, 2.24) is 0 Å². The van der Waals surface area contributed by atoms with E-state index < -0.39 is 0 Å². The Balaban J connectivity index is 2.75. The molecule has 0 heterocycles. The van der Waals surface area contributed by atoms with Crippen LogP contribution in [0.15, 0.2) is 0 Å². The molecule has 0 saturated heterocycles. The summed E-state index contributed by atoms with van der Waals surface area (Å²) >= 11 is 3.55. The van der Waals surface area contributed by atoms with Crippen molar-refractivity contribution >= 4 is 23.5 Å². The van der Waals surface area contributed by atoms with Crippen LogP contribution in [0.1, 0.15) is 0 Å². The molecule has 0 nitrogen and oxygen atoms in total. The molecule has 0 spiro atoms. The minimum atomic E-state index is 0.519. The fourth-order valence-corrected chi connectivity index (χ4v) is 0.866. The third kappa shape index (κ3) is 2.91. The highest BCUT2D eigenvalue weighted by molar-refractivity contribution is 8.16. The molecule has 2 heteroatoms. The zero-order valence-corrected chi connectivity index (χ0v) is 5.73. The van der Waals surface area contributed by atoms with E-state index >= 15 is 0 Å². The van der Waals surface area contributed by atoms with Crippen LogP contribution in [0.3, 0.4) is 0 Å². The minimum absolute atomic E-state index is 0.519. The van der Waals surface area contributed by atoms with Gasteiger partial charge in [0.1, 0.15) is 0 Å². The fourth-order valence-electron chi connectivity index (χ4n) is 0.0962. The summed E-state index contributed by atoms with van der Waals surface area (Å²) < 4.78 is 0.519. The fraction of sp³-hybridized carbons (Fsp3) is 0.750. The molecule has 0 aliphatic rings. The molecule has 0 bridgehead atoms. The van der Waals surface area contributed by atoms with Crippen LogP contribution < -0.4 is 0 Å². The van der Waals surface area contributed by atoms with Gasteiger partial charge >= 0.3 is 0 Å². The van der Waals surface area contributed by atoms with Gasteiger partial charge in [0.15, 0.2) is 0 Å². The van der Waals surface area contributed by atoms with Crippen LogP contribution in [0.25, 0.3) is 0 Å². The average molecular weight is 121 g/mol. The number of hydrogen-bond acceptors (Lipinski definition) is 2. The lowest BCUT2D eigenvalue weighted by Gasteiger charge is -1.98. The highest BCUT2D eigenvalue weighted by atomic mass is 32.2. The van der Waals surface area contributed by atoms with E-state index in [1.807, 2.05) is 0 Å². The number of hydrogen-bond donors (Lipinski definition) is 0. The topological polar surface area (TPSA) is 0 Å². The lowest BCUT2D eigenvalue weighted by molar-refractivity contribution is 1.69. The molecule has 0 fully saturated rings. The Morgan fingerprint density at radius 3 is 1.67 bits per heavy atom. The van der Waals surface area contributed by atoms with E-state index in [4.69, 9.17) is 0 Å². The molecule has 37 valence electrons. The molecule has 0 N–H and O–H groups in total. The van der Waals surface area contributed by atoms with Gasteiger partial charge in [0.05, 0.1) is 0 Å². The molecule has 0 rings (SSSR count). The van der Waals surface area contributed by atoms with Crippen molar-refractivity contribution in [1.29, 1.82) is 0 Å². The highest BCUT2D eigenvalue weighted by Gasteiger charge is 1.89. The minimum Gasteiger partial charge on any atom is -0.151 e. The van der Waals surface area contributed by atoms with E-state index in [0.717, 1.165) is 0 Å². The predicted octanol–water partition coefficient (Wildman–Crippen LogP) is 1.87. The SMILES string of the molecule is [CH2]C(SC)SC. The van der Waals surface area contributed by atoms with Crippen molar-refractivity contribution in [3.05, 3.63) is 6.92 Å². The summed E-state index contributed by atoms with van der Waals surface area (Å²) in [6, 6.07) is 0. The summed E-state index contributed by atoms with van der Waals surface area (Å²) in [4.78, 5) is 0. The smallest absolute Gasteiger partial charge is 0.0497 e. The maximum Gasteiger partial charge on any atom is 0.0497 e. The highest BCUT2D eigenvalue weighted by Crippen LogP contribution is 2.15. The Kier molecular flexibility index (Phi) is 4.33. The largest absolute Gasteiger partial charge is 0.151 e. The summed E-state index contributed by atoms with van der Waals surface area (Å²) in [5, 5.41) is 0. The van der Waals surface area contributed by atoms with Crippen molar-refractivity contribution in [2.24, 2.45) is 0 Å². The Bertz CT molecular complexity index is 24.7. The van der Waals surface area contributed by atoms with Gasteiger partial charge in [-0.25, -0.2) is 0 Å². The second-order valence-electron chi connectivity index (χ2n) is 0.901. The Hall–Kier alpha value is 0.700. The quantitative estimate of drug-likeness (QED) is 0.512. The van der Waals surface area contributed by atoms with Crippen LogP contribution >= 0.6 is 23.5 Å². The first-order valence-electron chi connectivity index (χ1n) is 1.70. The van der Waals surface area contributed by atoms with E-state index in [-0.39, 0.29) is 0 Å². The second kappa shape index (κ2) is 3.88. The second-order valence-corrected chi connectivity index (χ2v) is 3.28. The van der Waals surface area contributed by atoms with E-state index in [1.165, 1.54) is 0 Å². The van der Waals surface area contributed by atoms with E-state index in [0.29, 0.717) is 4.58 Å². The van der Waals surface area contributed by atoms with Gasteiger partial charge in [-0.2, -0.15) is 23.5 Å². The monoisotopic (exact) mass is 121 g/mol. The van der Waals surface area contributed by atoms with Crippen LogP contribution in [0.4, 0.5) is 0 Å². The van der Waals surface area contributed by atoms with Crippen molar-refractivity contribution < 1.29 is 0 Å². The first-order chi connectivity index (χ1) is 2.81. The molecule has 0 atom stereocenters. The molecule has 0 unspecified atom stereocenters. The summed E-state index contributed by atoms with van der Waals surface area (Å²) in [7, 11) is 0. The van der Waals surface area contributed by atoms with E-state index in [9.17, 15) is 0 Å². The third-order valence-electron chi connectivity index (χ3n) is 0.526. The predicted molar refractivity (Wildman–Crippen MR) is 36.2 cm³/mol. The molecular weight excluding hydrogens is 112 g/mol. The van der Waals surface area contributed by atoms with Crippen molar-refractivity contribution in [2.45, 2.75) is 4.58 Å². The van der Waals surface area contributed by atoms with Gasteiger partial charge < -0.3 is 0 Å². The summed E-state index contributed by atoms with van der Waals surface area (Å²) in [6.45, 7) is 3.80. The molecule has 0 amide bonds. The first kappa shape index (κ1) is 6.70. The zero-order chi connectivity index (χ0) is 4.99. The molecule has 1 radical (unpaired) electrons. The van der Waals surface area contributed by atoms with Gasteiger partial charge in [-0.05, 0) is 19.4 Å². The summed E-state index contributed by atoms with van der Waals surface area (Å²) in [5.41, 5.74) is 0. The van der Waals surface area contributed by atoms with Gasteiger partial charge in [0.2, 0.25) is 0 Å². The van der Waals surface area contributed by atoms with Crippen LogP contribution in [0.2, 0.25) is 0 Å². The Morgan fingerprint density at radius 2 is 1.67 bits per heavy atom. The number of rotatable bonds is 2. The normalized spacial score (nSPS) is 10.0. The van der Waals surface area contributed by atoms with Crippen LogP contribution in [-0.4, -0.2) is 17.1 Å². The van der Waals surface area contributed by atoms with Crippen molar-refractivity contribution in [3.8, 4) is 0 Å². The van der Waals surface area contributed by atoms with E-state index in [2.05, 4.69) is 19.4 Å². The zero-order valence-electron chi connectivity index (χ0n) is 4.10. The molecule has 0 aromatic carbocycles. The molecule has 0 saturated carbocycles. The standard InChI is InChI=1S/C4H9S2/c1-4(5-2)6-3/h4H,1H2,2-3H3. The van der Waals surface area contributed by atoms with Gasteiger partial charge in [-0.1, -0.05) is 0 Å². The third-order valence-corrected chi connectivity index (χ3v) is 2.73. The Morgan fingerprint density at radius 1 is 1.33 bits per heavy atom. The van der Waals surface area contributed by atoms with Crippen LogP contribution in [-0.2, 0) is 0 Å². The van der Waals surface area contributed by atoms with Crippen LogP contribution in [0, 0.1) is 6.92 Å². The summed E-state index contributed by atoms with van der Waals surface area (Å²) in [5.74, 6) is 0. The molecule has 6 heavy (non-hydrogen) atoms. The number of thioether (sulfide) groups is 2. The molecule has 0 aliphatic carbocycles. The molecule has 0 aliphatic heterocycles. The Labute approximate surface area is 48.1 Å². The molecule has 0 aromatic heterocycles. The maximum absolute atomic E-state index is 3.80. The van der Waals surface area contributed by atoms with Gasteiger partial charge in [0.25, 0.3) is 0 Å². The molecule has 0 aromatic rings. The lowest BCUT2D eigenvalue weighted by Crippen LogP contribution is -1.82. The first-order valence-corrected chi connectivity index (χ1v) is 4.27. The average Bonchev–Trinajstić information content (AvgIpc) is 1.65. The van der Waals surface area contributed by atoms with E-state index in [1.54, 1.807) is 23.5 Å². The lowest BCUT2D eigenvalue weighted by atomic mass is 11.0. The summed E-state index contributed by atoms with van der Waals surface area (Å²) in [6.07, 6.45) is 4.13. The van der Waals surface area contributed by atoms with Crippen molar-refractivity contribution in [3.63, 3.8) is 0 Å². The van der Waals surface area contributed by atoms with Gasteiger partial charge in [-0.15, -0.1) is 0 Å². The maximum atomic E-state index is 3.80. The molecular formula is C4H9S2. The van der Waals surface area contributed by atoms with Crippen molar-refractivity contribution in [2.75, 3.05) is 12.5 Å².